The van der Waals surface area contributed by atoms with E-state index in [0.717, 1.165) is 17.8 Å². The number of nitrogens with one attached hydrogen (secondary N) is 2. The third kappa shape index (κ3) is 4.82. The molecule has 1 heterocycles. The number of hydrogen-bond acceptors (Lipinski definition) is 4. The summed E-state index contributed by atoms with van der Waals surface area (Å²) in [6.07, 6.45) is 3.92. The molecule has 1 aromatic heterocycles. The highest BCUT2D eigenvalue weighted by Gasteiger charge is 2.14. The number of aryl methyl sites for hydroxylation is 1. The first-order valence-electron chi connectivity index (χ1n) is 7.81. The van der Waals surface area contributed by atoms with Crippen molar-refractivity contribution >= 4 is 17.3 Å². The largest absolute Gasteiger partial charge is 0.391 e. The highest BCUT2D eigenvalue weighted by Crippen LogP contribution is 2.17. The average molecular weight is 316 g/mol. The zero-order valence-electron chi connectivity index (χ0n) is 13.8. The van der Waals surface area contributed by atoms with Gasteiger partial charge in [0.15, 0.2) is 0 Å². The van der Waals surface area contributed by atoms with Crippen LogP contribution in [0.1, 0.15) is 30.6 Å². The van der Waals surface area contributed by atoms with E-state index in [-0.39, 0.29) is 18.4 Å². The average Bonchev–Trinajstić information content (AvgIpc) is 2.96. The molecular formula is C17H24N4O2. The highest BCUT2D eigenvalue weighted by molar-refractivity contribution is 5.95. The number of amides is 1. The van der Waals surface area contributed by atoms with Gasteiger partial charge in [-0.2, -0.15) is 5.10 Å². The molecule has 1 aromatic carbocycles. The summed E-state index contributed by atoms with van der Waals surface area (Å²) in [5, 5.41) is 20.0. The topological polar surface area (TPSA) is 79.2 Å². The molecule has 6 nitrogen and oxygen atoms in total. The minimum atomic E-state index is -0.527. The second kappa shape index (κ2) is 7.78. The van der Waals surface area contributed by atoms with E-state index in [0.29, 0.717) is 5.56 Å². The van der Waals surface area contributed by atoms with Crippen LogP contribution in [0.25, 0.3) is 0 Å². The Hall–Kier alpha value is -2.34. The van der Waals surface area contributed by atoms with Crippen LogP contribution in [0, 0.1) is 5.92 Å². The Morgan fingerprint density at radius 2 is 2.17 bits per heavy atom. The van der Waals surface area contributed by atoms with E-state index < -0.39 is 6.10 Å². The molecule has 6 heteroatoms. The number of rotatable bonds is 7. The maximum atomic E-state index is 12.2. The van der Waals surface area contributed by atoms with Gasteiger partial charge in [0.05, 0.1) is 18.0 Å². The van der Waals surface area contributed by atoms with Gasteiger partial charge in [0.2, 0.25) is 0 Å². The molecule has 3 N–H and O–H groups in total. The van der Waals surface area contributed by atoms with E-state index in [1.165, 1.54) is 0 Å². The van der Waals surface area contributed by atoms with E-state index >= 15 is 0 Å². The fourth-order valence-electron chi connectivity index (χ4n) is 2.16. The predicted molar refractivity (Wildman–Crippen MR) is 90.7 cm³/mol. The van der Waals surface area contributed by atoms with Crippen molar-refractivity contribution in [2.75, 3.05) is 11.9 Å². The van der Waals surface area contributed by atoms with Crippen LogP contribution in [0.4, 0.5) is 11.4 Å². The first-order valence-corrected chi connectivity index (χ1v) is 7.81. The van der Waals surface area contributed by atoms with Crippen LogP contribution in [0.2, 0.25) is 0 Å². The van der Waals surface area contributed by atoms with E-state index in [9.17, 15) is 9.90 Å². The van der Waals surface area contributed by atoms with Gasteiger partial charge in [-0.1, -0.05) is 26.3 Å². The minimum Gasteiger partial charge on any atom is -0.391 e. The first-order chi connectivity index (χ1) is 11.0. The number of anilines is 2. The van der Waals surface area contributed by atoms with E-state index in [2.05, 4.69) is 15.7 Å². The van der Waals surface area contributed by atoms with Crippen molar-refractivity contribution in [1.29, 1.82) is 0 Å². The molecule has 2 rings (SSSR count). The fourth-order valence-corrected chi connectivity index (χ4v) is 2.16. The van der Waals surface area contributed by atoms with Gasteiger partial charge in [0, 0.05) is 31.0 Å². The smallest absolute Gasteiger partial charge is 0.251 e. The van der Waals surface area contributed by atoms with Crippen molar-refractivity contribution in [3.05, 3.63) is 42.2 Å². The van der Waals surface area contributed by atoms with Crippen LogP contribution in [-0.4, -0.2) is 33.4 Å². The zero-order chi connectivity index (χ0) is 16.8. The summed E-state index contributed by atoms with van der Waals surface area (Å²) in [7, 11) is 1.84. The van der Waals surface area contributed by atoms with Crippen LogP contribution in [-0.2, 0) is 7.05 Å². The quantitative estimate of drug-likeness (QED) is 0.732. The Morgan fingerprint density at radius 3 is 2.83 bits per heavy atom. The summed E-state index contributed by atoms with van der Waals surface area (Å²) >= 11 is 0. The van der Waals surface area contributed by atoms with Crippen molar-refractivity contribution in [3.8, 4) is 0 Å². The molecule has 2 atom stereocenters. The molecule has 1 amide bonds. The normalized spacial score (nSPS) is 13.4. The lowest BCUT2D eigenvalue weighted by Gasteiger charge is -2.17. The molecule has 2 aromatic rings. The van der Waals surface area contributed by atoms with Crippen molar-refractivity contribution in [3.63, 3.8) is 0 Å². The standard InChI is InChI=1S/C17H24N4O2/c1-4-12(2)16(22)10-18-17(23)13-6-5-7-14(8-13)20-15-9-19-21(3)11-15/h5-9,11-12,16,20,22H,4,10H2,1-3H3,(H,18,23). The summed E-state index contributed by atoms with van der Waals surface area (Å²) in [6, 6.07) is 7.23. The molecule has 2 unspecified atom stereocenters. The van der Waals surface area contributed by atoms with Crippen molar-refractivity contribution < 1.29 is 9.90 Å². The number of aliphatic hydroxyl groups excluding tert-OH is 1. The molecule has 0 aliphatic heterocycles. The molecule has 0 fully saturated rings. The third-order valence-electron chi connectivity index (χ3n) is 3.89. The van der Waals surface area contributed by atoms with Crippen LogP contribution in [0.5, 0.6) is 0 Å². The molecule has 0 saturated carbocycles. The Morgan fingerprint density at radius 1 is 1.39 bits per heavy atom. The number of carbonyl (C=O) groups excluding carboxylic acids is 1. The van der Waals surface area contributed by atoms with Gasteiger partial charge < -0.3 is 15.7 Å². The number of carbonyl (C=O) groups is 1. The molecule has 0 spiro atoms. The Labute approximate surface area is 136 Å². The van der Waals surface area contributed by atoms with Gasteiger partial charge in [0.25, 0.3) is 5.91 Å². The van der Waals surface area contributed by atoms with Crippen LogP contribution in [0.3, 0.4) is 0 Å². The maximum absolute atomic E-state index is 12.2. The summed E-state index contributed by atoms with van der Waals surface area (Å²) in [5.74, 6) is -0.0314. The molecule has 124 valence electrons. The molecule has 0 aliphatic carbocycles. The summed E-state index contributed by atoms with van der Waals surface area (Å²) in [5.41, 5.74) is 2.22. The number of benzene rings is 1. The Balaban J connectivity index is 1.97. The predicted octanol–water partition coefficient (Wildman–Crippen LogP) is 2.30. The van der Waals surface area contributed by atoms with Gasteiger partial charge in [-0.3, -0.25) is 9.48 Å². The number of hydrogen-bond donors (Lipinski definition) is 3. The van der Waals surface area contributed by atoms with Crippen LogP contribution >= 0.6 is 0 Å². The number of aliphatic hydroxyl groups is 1. The molecule has 23 heavy (non-hydrogen) atoms. The SMILES string of the molecule is CCC(C)C(O)CNC(=O)c1cccc(Nc2cnn(C)c2)c1. The molecule has 0 aliphatic rings. The third-order valence-corrected chi connectivity index (χ3v) is 3.89. The van der Waals surface area contributed by atoms with Gasteiger partial charge >= 0.3 is 0 Å². The lowest BCUT2D eigenvalue weighted by atomic mass is 10.0. The summed E-state index contributed by atoms with van der Waals surface area (Å²) in [6.45, 7) is 4.24. The van der Waals surface area contributed by atoms with Crippen LogP contribution in [0.15, 0.2) is 36.7 Å². The zero-order valence-corrected chi connectivity index (χ0v) is 13.8. The van der Waals surface area contributed by atoms with Crippen molar-refractivity contribution in [2.24, 2.45) is 13.0 Å². The van der Waals surface area contributed by atoms with Gasteiger partial charge in [-0.25, -0.2) is 0 Å². The Kier molecular flexibility index (Phi) is 5.76. The summed E-state index contributed by atoms with van der Waals surface area (Å²) in [4.78, 5) is 12.2. The van der Waals surface area contributed by atoms with Gasteiger partial charge in [-0.15, -0.1) is 0 Å². The van der Waals surface area contributed by atoms with Crippen LogP contribution < -0.4 is 10.6 Å². The van der Waals surface area contributed by atoms with Gasteiger partial charge in [0.1, 0.15) is 0 Å². The second-order valence-corrected chi connectivity index (χ2v) is 5.77. The monoisotopic (exact) mass is 316 g/mol. The Bertz CT molecular complexity index is 654. The minimum absolute atomic E-state index is 0.161. The molecule has 0 radical (unpaired) electrons. The van der Waals surface area contributed by atoms with E-state index in [1.54, 1.807) is 23.0 Å². The molecule has 0 saturated heterocycles. The highest BCUT2D eigenvalue weighted by atomic mass is 16.3. The fraction of sp³-hybridized carbons (Fsp3) is 0.412. The lowest BCUT2D eigenvalue weighted by Crippen LogP contribution is -2.35. The molecule has 0 bridgehead atoms. The molecular weight excluding hydrogens is 292 g/mol. The second-order valence-electron chi connectivity index (χ2n) is 5.77. The van der Waals surface area contributed by atoms with E-state index in [1.807, 2.05) is 39.2 Å². The lowest BCUT2D eigenvalue weighted by molar-refractivity contribution is 0.0850. The van der Waals surface area contributed by atoms with E-state index in [4.69, 9.17) is 0 Å². The van der Waals surface area contributed by atoms with Crippen molar-refractivity contribution in [2.45, 2.75) is 26.4 Å². The summed E-state index contributed by atoms with van der Waals surface area (Å²) < 4.78 is 1.70. The maximum Gasteiger partial charge on any atom is 0.251 e. The first kappa shape index (κ1) is 17.0. The van der Waals surface area contributed by atoms with Gasteiger partial charge in [-0.05, 0) is 24.1 Å². The van der Waals surface area contributed by atoms with Crippen molar-refractivity contribution in [1.82, 2.24) is 15.1 Å². The number of aromatic nitrogens is 2. The number of nitrogens with zero attached hydrogens (tertiary/aromatic N) is 2.